The maximum Gasteiger partial charge on any atom is 0.251 e. The Kier molecular flexibility index (Phi) is 5.56. The highest BCUT2D eigenvalue weighted by molar-refractivity contribution is 7.89. The number of carbonyl (C=O) groups is 1. The van der Waals surface area contributed by atoms with E-state index >= 15 is 0 Å². The Morgan fingerprint density at radius 3 is 2.33 bits per heavy atom. The number of hydrogen-bond donors (Lipinski definition) is 2. The van der Waals surface area contributed by atoms with E-state index in [0.29, 0.717) is 12.1 Å². The minimum absolute atomic E-state index is 0.0813. The van der Waals surface area contributed by atoms with Crippen molar-refractivity contribution in [2.75, 3.05) is 6.54 Å². The van der Waals surface area contributed by atoms with Crippen LogP contribution in [-0.4, -0.2) is 26.9 Å². The number of nitrogens with one attached hydrogen (secondary N) is 2. The van der Waals surface area contributed by atoms with E-state index in [1.165, 1.54) is 44.2 Å². The third-order valence-electron chi connectivity index (χ3n) is 4.88. The minimum atomic E-state index is -3.45. The Balaban J connectivity index is 1.46. The molecule has 24 heavy (non-hydrogen) atoms. The van der Waals surface area contributed by atoms with Gasteiger partial charge in [0.15, 0.2) is 0 Å². The Bertz CT molecular complexity index is 660. The largest absolute Gasteiger partial charge is 0.352 e. The van der Waals surface area contributed by atoms with E-state index in [1.807, 2.05) is 0 Å². The van der Waals surface area contributed by atoms with Gasteiger partial charge in [-0.3, -0.25) is 4.79 Å². The first kappa shape index (κ1) is 17.4. The molecule has 2 aliphatic carbocycles. The number of amides is 1. The fraction of sp³-hybridized carbons (Fsp3) is 0.611. The smallest absolute Gasteiger partial charge is 0.251 e. The molecule has 5 nitrogen and oxygen atoms in total. The van der Waals surface area contributed by atoms with Crippen molar-refractivity contribution >= 4 is 15.9 Å². The van der Waals surface area contributed by atoms with Crippen LogP contribution < -0.4 is 10.0 Å². The minimum Gasteiger partial charge on any atom is -0.352 e. The molecule has 0 aromatic heterocycles. The van der Waals surface area contributed by atoms with Crippen molar-refractivity contribution in [1.82, 2.24) is 10.0 Å². The van der Waals surface area contributed by atoms with E-state index in [2.05, 4.69) is 10.0 Å². The van der Waals surface area contributed by atoms with Gasteiger partial charge in [0.2, 0.25) is 10.0 Å². The first-order valence-corrected chi connectivity index (χ1v) is 10.4. The topological polar surface area (TPSA) is 75.3 Å². The normalized spacial score (nSPS) is 18.7. The monoisotopic (exact) mass is 350 g/mol. The molecule has 1 amide bonds. The average Bonchev–Trinajstić information content (AvgIpc) is 3.22. The summed E-state index contributed by atoms with van der Waals surface area (Å²) in [6.45, 7) is 0.679. The van der Waals surface area contributed by atoms with Gasteiger partial charge in [0, 0.05) is 18.2 Å². The molecule has 0 atom stereocenters. The fourth-order valence-electron chi connectivity index (χ4n) is 3.27. The third-order valence-corrected chi connectivity index (χ3v) is 6.41. The van der Waals surface area contributed by atoms with Crippen LogP contribution in [0, 0.1) is 5.92 Å². The van der Waals surface area contributed by atoms with E-state index in [1.54, 1.807) is 12.1 Å². The summed E-state index contributed by atoms with van der Waals surface area (Å²) in [5.41, 5.74) is 0.501. The molecule has 1 aromatic rings. The van der Waals surface area contributed by atoms with Crippen molar-refractivity contribution < 1.29 is 13.2 Å². The number of carbonyl (C=O) groups excluding carboxylic acids is 1. The molecule has 0 radical (unpaired) electrons. The summed E-state index contributed by atoms with van der Waals surface area (Å²) in [6.07, 6.45) is 9.36. The van der Waals surface area contributed by atoms with Crippen LogP contribution in [0.3, 0.4) is 0 Å². The highest BCUT2D eigenvalue weighted by Crippen LogP contribution is 2.28. The van der Waals surface area contributed by atoms with Gasteiger partial charge < -0.3 is 5.32 Å². The molecule has 132 valence electrons. The lowest BCUT2D eigenvalue weighted by Crippen LogP contribution is -2.26. The summed E-state index contributed by atoms with van der Waals surface area (Å²) < 4.78 is 26.8. The van der Waals surface area contributed by atoms with Gasteiger partial charge in [-0.2, -0.15) is 0 Å². The molecule has 0 saturated heterocycles. The first-order chi connectivity index (χ1) is 11.5. The highest BCUT2D eigenvalue weighted by atomic mass is 32.2. The molecule has 6 heteroatoms. The molecule has 0 aliphatic heterocycles. The maximum atomic E-state index is 12.1. The molecular weight excluding hydrogens is 324 g/mol. The number of hydrogen-bond acceptors (Lipinski definition) is 3. The number of benzene rings is 1. The fourth-order valence-corrected chi connectivity index (χ4v) is 4.57. The summed E-state index contributed by atoms with van der Waals surface area (Å²) in [5.74, 6) is 0.700. The van der Waals surface area contributed by atoms with Gasteiger partial charge >= 0.3 is 0 Å². The van der Waals surface area contributed by atoms with Gasteiger partial charge in [0.1, 0.15) is 0 Å². The highest BCUT2D eigenvalue weighted by Gasteiger charge is 2.27. The van der Waals surface area contributed by atoms with Crippen molar-refractivity contribution in [2.24, 2.45) is 5.92 Å². The predicted octanol–water partition coefficient (Wildman–Crippen LogP) is 2.83. The second kappa shape index (κ2) is 7.66. The van der Waals surface area contributed by atoms with Gasteiger partial charge in [-0.1, -0.05) is 25.7 Å². The molecule has 3 rings (SSSR count). The second-order valence-corrected chi connectivity index (χ2v) is 8.68. The predicted molar refractivity (Wildman–Crippen MR) is 93.3 cm³/mol. The Morgan fingerprint density at radius 2 is 1.71 bits per heavy atom. The zero-order chi connectivity index (χ0) is 17.0. The van der Waals surface area contributed by atoms with Crippen molar-refractivity contribution in [3.05, 3.63) is 29.8 Å². The molecular formula is C18H26N2O3S. The SMILES string of the molecule is O=C(NCCCC1CCCC1)c1ccc(S(=O)(=O)NC2CC2)cc1. The van der Waals surface area contributed by atoms with E-state index in [4.69, 9.17) is 0 Å². The summed E-state index contributed by atoms with van der Waals surface area (Å²) in [5, 5.41) is 2.92. The van der Waals surface area contributed by atoms with Crippen LogP contribution in [0.2, 0.25) is 0 Å². The molecule has 0 heterocycles. The van der Waals surface area contributed by atoms with Crippen LogP contribution in [0.25, 0.3) is 0 Å². The van der Waals surface area contributed by atoms with E-state index < -0.39 is 10.0 Å². The standard InChI is InChI=1S/C18H26N2O3S/c21-18(19-13-3-6-14-4-1-2-5-14)15-7-11-17(12-8-15)24(22,23)20-16-9-10-16/h7-8,11-12,14,16,20H,1-6,9-10,13H2,(H,19,21). The summed E-state index contributed by atoms with van der Waals surface area (Å²) >= 11 is 0. The van der Waals surface area contributed by atoms with Crippen molar-refractivity contribution in [2.45, 2.75) is 62.3 Å². The van der Waals surface area contributed by atoms with Crippen LogP contribution in [0.1, 0.15) is 61.7 Å². The molecule has 1 aromatic carbocycles. The average molecular weight is 350 g/mol. The van der Waals surface area contributed by atoms with Crippen molar-refractivity contribution in [3.8, 4) is 0 Å². The molecule has 2 fully saturated rings. The van der Waals surface area contributed by atoms with Crippen LogP contribution in [0.5, 0.6) is 0 Å². The first-order valence-electron chi connectivity index (χ1n) is 8.95. The summed E-state index contributed by atoms with van der Waals surface area (Å²) in [6, 6.07) is 6.23. The van der Waals surface area contributed by atoms with Gasteiger partial charge in [0.25, 0.3) is 5.91 Å². The maximum absolute atomic E-state index is 12.1. The lowest BCUT2D eigenvalue weighted by atomic mass is 10.0. The molecule has 2 N–H and O–H groups in total. The molecule has 0 spiro atoms. The summed E-state index contributed by atoms with van der Waals surface area (Å²) in [4.78, 5) is 12.3. The van der Waals surface area contributed by atoms with Gasteiger partial charge in [-0.25, -0.2) is 13.1 Å². The van der Waals surface area contributed by atoms with Gasteiger partial charge in [-0.15, -0.1) is 0 Å². The van der Waals surface area contributed by atoms with E-state index in [-0.39, 0.29) is 16.8 Å². The second-order valence-electron chi connectivity index (χ2n) is 6.97. The third kappa shape index (κ3) is 4.80. The van der Waals surface area contributed by atoms with Crippen molar-refractivity contribution in [3.63, 3.8) is 0 Å². The zero-order valence-electron chi connectivity index (χ0n) is 14.0. The lowest BCUT2D eigenvalue weighted by Gasteiger charge is -2.10. The van der Waals surface area contributed by atoms with Crippen LogP contribution in [0.15, 0.2) is 29.2 Å². The number of rotatable bonds is 8. The van der Waals surface area contributed by atoms with Crippen LogP contribution >= 0.6 is 0 Å². The van der Waals surface area contributed by atoms with E-state index in [0.717, 1.165) is 25.2 Å². The Labute approximate surface area is 144 Å². The zero-order valence-corrected chi connectivity index (χ0v) is 14.8. The lowest BCUT2D eigenvalue weighted by molar-refractivity contribution is 0.0952. The summed E-state index contributed by atoms with van der Waals surface area (Å²) in [7, 11) is -3.45. The Morgan fingerprint density at radius 1 is 1.04 bits per heavy atom. The molecule has 0 unspecified atom stereocenters. The Hall–Kier alpha value is -1.40. The van der Waals surface area contributed by atoms with Gasteiger partial charge in [0.05, 0.1) is 4.90 Å². The van der Waals surface area contributed by atoms with Crippen LogP contribution in [-0.2, 0) is 10.0 Å². The van der Waals surface area contributed by atoms with Gasteiger partial charge in [-0.05, 0) is 55.9 Å². The molecule has 0 bridgehead atoms. The molecule has 2 aliphatic rings. The van der Waals surface area contributed by atoms with Crippen molar-refractivity contribution in [1.29, 1.82) is 0 Å². The molecule has 2 saturated carbocycles. The number of sulfonamides is 1. The van der Waals surface area contributed by atoms with E-state index in [9.17, 15) is 13.2 Å². The van der Waals surface area contributed by atoms with Crippen LogP contribution in [0.4, 0.5) is 0 Å². The quantitative estimate of drug-likeness (QED) is 0.708.